The molecule has 114 valence electrons. The maximum absolute atomic E-state index is 11.4. The summed E-state index contributed by atoms with van der Waals surface area (Å²) in [6.45, 7) is 1.08. The number of hydrogen-bond acceptors (Lipinski definition) is 2. The Kier molecular flexibility index (Phi) is 4.47. The van der Waals surface area contributed by atoms with E-state index in [0.717, 1.165) is 24.9 Å². The van der Waals surface area contributed by atoms with Crippen molar-refractivity contribution in [1.29, 1.82) is 0 Å². The fourth-order valence-corrected chi connectivity index (χ4v) is 3.98. The number of rotatable bonds is 2. The smallest absolute Gasteiger partial charge is 0.336 e. The molecule has 0 atom stereocenters. The van der Waals surface area contributed by atoms with E-state index in [0.29, 0.717) is 11.6 Å². The van der Waals surface area contributed by atoms with Crippen LogP contribution < -0.4 is 4.90 Å². The quantitative estimate of drug-likeness (QED) is 0.884. The van der Waals surface area contributed by atoms with Crippen molar-refractivity contribution in [2.75, 3.05) is 11.4 Å². The molecule has 0 saturated heterocycles. The summed E-state index contributed by atoms with van der Waals surface area (Å²) in [4.78, 5) is 13.9. The number of carboxylic acids is 1. The molecule has 1 fully saturated rings. The molecular formula is C18H25NO2. The molecule has 3 nitrogen and oxygen atoms in total. The molecule has 1 heterocycles. The molecule has 0 amide bonds. The van der Waals surface area contributed by atoms with Gasteiger partial charge in [-0.2, -0.15) is 0 Å². The van der Waals surface area contributed by atoms with Crippen LogP contribution in [0, 0.1) is 0 Å². The predicted molar refractivity (Wildman–Crippen MR) is 85.2 cm³/mol. The molecule has 2 aliphatic rings. The number of benzene rings is 1. The Balaban J connectivity index is 1.89. The van der Waals surface area contributed by atoms with Crippen molar-refractivity contribution in [3.05, 3.63) is 29.3 Å². The van der Waals surface area contributed by atoms with Crippen LogP contribution in [0.15, 0.2) is 18.2 Å². The Morgan fingerprint density at radius 1 is 1.05 bits per heavy atom. The van der Waals surface area contributed by atoms with E-state index in [-0.39, 0.29) is 0 Å². The van der Waals surface area contributed by atoms with Crippen molar-refractivity contribution in [1.82, 2.24) is 0 Å². The molecule has 1 aromatic carbocycles. The van der Waals surface area contributed by atoms with Crippen LogP contribution in [-0.4, -0.2) is 23.7 Å². The Morgan fingerprint density at radius 2 is 1.76 bits per heavy atom. The number of aromatic carboxylic acids is 1. The molecule has 0 aromatic heterocycles. The minimum atomic E-state index is -0.786. The fourth-order valence-electron chi connectivity index (χ4n) is 3.98. The summed E-state index contributed by atoms with van der Waals surface area (Å²) in [6.07, 6.45) is 11.2. The number of hydrogen-bond donors (Lipinski definition) is 1. The summed E-state index contributed by atoms with van der Waals surface area (Å²) in [5.41, 5.74) is 2.74. The van der Waals surface area contributed by atoms with E-state index >= 15 is 0 Å². The van der Waals surface area contributed by atoms with Gasteiger partial charge >= 0.3 is 5.97 Å². The molecule has 1 saturated carbocycles. The fraction of sp³-hybridized carbons (Fsp3) is 0.611. The van der Waals surface area contributed by atoms with Gasteiger partial charge in [-0.3, -0.25) is 0 Å². The third-order valence-electron chi connectivity index (χ3n) is 5.03. The standard InChI is InChI=1S/C18H25NO2/c20-18(21)16-10-6-12-17-15(16)11-7-13-19(17)14-8-4-2-1-3-5-9-14/h6,10,12,14H,1-5,7-9,11,13H2,(H,20,21). The second kappa shape index (κ2) is 6.50. The third-order valence-corrected chi connectivity index (χ3v) is 5.03. The Bertz CT molecular complexity index is 504. The summed E-state index contributed by atoms with van der Waals surface area (Å²) in [7, 11) is 0. The molecular weight excluding hydrogens is 262 g/mol. The summed E-state index contributed by atoms with van der Waals surface area (Å²) >= 11 is 0. The highest BCUT2D eigenvalue weighted by atomic mass is 16.4. The van der Waals surface area contributed by atoms with E-state index in [4.69, 9.17) is 0 Å². The van der Waals surface area contributed by atoms with E-state index in [1.54, 1.807) is 6.07 Å². The lowest BCUT2D eigenvalue weighted by Crippen LogP contribution is -2.40. The van der Waals surface area contributed by atoms with E-state index < -0.39 is 5.97 Å². The lowest BCUT2D eigenvalue weighted by molar-refractivity contribution is 0.0695. The van der Waals surface area contributed by atoms with Crippen molar-refractivity contribution < 1.29 is 9.90 Å². The molecule has 3 rings (SSSR count). The van der Waals surface area contributed by atoms with Gasteiger partial charge in [0.05, 0.1) is 5.56 Å². The molecule has 0 radical (unpaired) electrons. The first kappa shape index (κ1) is 14.4. The first-order chi connectivity index (χ1) is 10.3. The van der Waals surface area contributed by atoms with E-state index in [1.807, 2.05) is 6.07 Å². The summed E-state index contributed by atoms with van der Waals surface area (Å²) < 4.78 is 0. The minimum absolute atomic E-state index is 0.503. The van der Waals surface area contributed by atoms with Crippen molar-refractivity contribution in [3.63, 3.8) is 0 Å². The highest BCUT2D eigenvalue weighted by molar-refractivity contribution is 5.91. The van der Waals surface area contributed by atoms with Crippen LogP contribution in [0.4, 0.5) is 5.69 Å². The Labute approximate surface area is 127 Å². The first-order valence-corrected chi connectivity index (χ1v) is 8.39. The molecule has 0 spiro atoms. The second-order valence-corrected chi connectivity index (χ2v) is 6.40. The summed E-state index contributed by atoms with van der Waals surface area (Å²) in [6, 6.07) is 6.39. The average molecular weight is 287 g/mol. The monoisotopic (exact) mass is 287 g/mol. The molecule has 3 heteroatoms. The maximum atomic E-state index is 11.4. The van der Waals surface area contributed by atoms with E-state index in [2.05, 4.69) is 11.0 Å². The third kappa shape index (κ3) is 3.07. The van der Waals surface area contributed by atoms with Crippen LogP contribution in [0.2, 0.25) is 0 Å². The van der Waals surface area contributed by atoms with Crippen molar-refractivity contribution in [2.45, 2.75) is 63.8 Å². The predicted octanol–water partition coefficient (Wildman–Crippen LogP) is 4.25. The molecule has 1 aliphatic heterocycles. The molecule has 1 aliphatic carbocycles. The Hall–Kier alpha value is -1.51. The maximum Gasteiger partial charge on any atom is 0.336 e. The van der Waals surface area contributed by atoms with Crippen LogP contribution in [0.1, 0.15) is 67.3 Å². The van der Waals surface area contributed by atoms with Gasteiger partial charge in [-0.15, -0.1) is 0 Å². The molecule has 1 N–H and O–H groups in total. The SMILES string of the molecule is O=C(O)c1cccc2c1CCCN2C1CCCCCCC1. The van der Waals surface area contributed by atoms with Crippen LogP contribution in [0.3, 0.4) is 0 Å². The number of anilines is 1. The van der Waals surface area contributed by atoms with Gasteiger partial charge in [0.25, 0.3) is 0 Å². The van der Waals surface area contributed by atoms with Crippen LogP contribution in [0.5, 0.6) is 0 Å². The zero-order chi connectivity index (χ0) is 14.7. The summed E-state index contributed by atoms with van der Waals surface area (Å²) in [5.74, 6) is -0.786. The van der Waals surface area contributed by atoms with Crippen LogP contribution in [-0.2, 0) is 6.42 Å². The number of carboxylic acid groups (broad SMARTS) is 1. The van der Waals surface area contributed by atoms with Gasteiger partial charge in [-0.05, 0) is 43.4 Å². The van der Waals surface area contributed by atoms with E-state index in [1.165, 1.54) is 50.6 Å². The lowest BCUT2D eigenvalue weighted by atomic mass is 9.91. The highest BCUT2D eigenvalue weighted by Crippen LogP contribution is 2.34. The highest BCUT2D eigenvalue weighted by Gasteiger charge is 2.27. The van der Waals surface area contributed by atoms with Crippen LogP contribution >= 0.6 is 0 Å². The zero-order valence-electron chi connectivity index (χ0n) is 12.7. The van der Waals surface area contributed by atoms with Gasteiger partial charge in [0, 0.05) is 18.3 Å². The van der Waals surface area contributed by atoms with Crippen molar-refractivity contribution >= 4 is 11.7 Å². The van der Waals surface area contributed by atoms with Crippen molar-refractivity contribution in [2.24, 2.45) is 0 Å². The molecule has 0 bridgehead atoms. The normalized spacial score (nSPS) is 20.5. The second-order valence-electron chi connectivity index (χ2n) is 6.40. The largest absolute Gasteiger partial charge is 0.478 e. The molecule has 0 unspecified atom stereocenters. The van der Waals surface area contributed by atoms with Crippen LogP contribution in [0.25, 0.3) is 0 Å². The topological polar surface area (TPSA) is 40.5 Å². The van der Waals surface area contributed by atoms with Gasteiger partial charge < -0.3 is 10.0 Å². The average Bonchev–Trinajstić information content (AvgIpc) is 2.46. The van der Waals surface area contributed by atoms with Gasteiger partial charge in [0.1, 0.15) is 0 Å². The van der Waals surface area contributed by atoms with Crippen molar-refractivity contribution in [3.8, 4) is 0 Å². The number of nitrogens with zero attached hydrogens (tertiary/aromatic N) is 1. The van der Waals surface area contributed by atoms with Gasteiger partial charge in [-0.1, -0.05) is 38.2 Å². The van der Waals surface area contributed by atoms with Gasteiger partial charge in [0.2, 0.25) is 0 Å². The summed E-state index contributed by atoms with van der Waals surface area (Å²) in [5, 5.41) is 9.40. The zero-order valence-corrected chi connectivity index (χ0v) is 12.7. The lowest BCUT2D eigenvalue weighted by Gasteiger charge is -2.39. The number of carbonyl (C=O) groups is 1. The Morgan fingerprint density at radius 3 is 2.48 bits per heavy atom. The first-order valence-electron chi connectivity index (χ1n) is 8.39. The van der Waals surface area contributed by atoms with Gasteiger partial charge in [0.15, 0.2) is 0 Å². The number of fused-ring (bicyclic) bond motifs is 1. The molecule has 21 heavy (non-hydrogen) atoms. The minimum Gasteiger partial charge on any atom is -0.478 e. The van der Waals surface area contributed by atoms with Gasteiger partial charge in [-0.25, -0.2) is 4.79 Å². The molecule has 1 aromatic rings. The van der Waals surface area contributed by atoms with E-state index in [9.17, 15) is 9.90 Å².